The van der Waals surface area contributed by atoms with Gasteiger partial charge in [0.25, 0.3) is 5.91 Å². The summed E-state index contributed by atoms with van der Waals surface area (Å²) in [7, 11) is 0. The van der Waals surface area contributed by atoms with Crippen molar-refractivity contribution in [3.05, 3.63) is 100 Å². The van der Waals surface area contributed by atoms with Crippen LogP contribution in [0.25, 0.3) is 16.9 Å². The average Bonchev–Trinajstić information content (AvgIpc) is 3.17. The molecular formula is C24H19ClFN3O. The lowest BCUT2D eigenvalue weighted by Crippen LogP contribution is -2.17. The van der Waals surface area contributed by atoms with Gasteiger partial charge >= 0.3 is 0 Å². The third-order valence-corrected chi connectivity index (χ3v) is 5.27. The second kappa shape index (κ2) is 8.13. The number of carbonyl (C=O) groups excluding carboxylic acids is 1. The van der Waals surface area contributed by atoms with Gasteiger partial charge in [0.05, 0.1) is 22.1 Å². The normalized spacial score (nSPS) is 10.8. The van der Waals surface area contributed by atoms with E-state index < -0.39 is 11.7 Å². The number of aryl methyl sites for hydroxylation is 2. The van der Waals surface area contributed by atoms with Crippen molar-refractivity contribution in [3.63, 3.8) is 0 Å². The Balaban J connectivity index is 1.82. The molecule has 1 aromatic heterocycles. The molecule has 150 valence electrons. The van der Waals surface area contributed by atoms with Crippen molar-refractivity contribution in [1.82, 2.24) is 9.78 Å². The third kappa shape index (κ3) is 3.84. The molecule has 4 aromatic rings. The Labute approximate surface area is 178 Å². The molecule has 0 saturated carbocycles. The summed E-state index contributed by atoms with van der Waals surface area (Å²) in [4.78, 5) is 13.1. The fourth-order valence-corrected chi connectivity index (χ4v) is 3.36. The van der Waals surface area contributed by atoms with Crippen molar-refractivity contribution in [2.24, 2.45) is 0 Å². The average molecular weight is 420 g/mol. The number of hydrogen-bond donors (Lipinski definition) is 1. The minimum Gasteiger partial charge on any atom is -0.318 e. The van der Waals surface area contributed by atoms with E-state index in [-0.39, 0.29) is 11.4 Å². The standard InChI is InChI=1S/C24H19ClFN3O/c1-15-11-12-17(13-16(15)2)21-14-23(24(30)27-20-9-5-4-8-19(20)26)29(28-21)22-10-6-3-7-18(22)25/h3-14H,1-2H3,(H,27,30). The van der Waals surface area contributed by atoms with Crippen LogP contribution in [0.4, 0.5) is 10.1 Å². The molecule has 0 unspecified atom stereocenters. The number of carbonyl (C=O) groups is 1. The number of rotatable bonds is 4. The largest absolute Gasteiger partial charge is 0.318 e. The first-order chi connectivity index (χ1) is 14.4. The van der Waals surface area contributed by atoms with E-state index in [1.165, 1.54) is 22.4 Å². The number of anilines is 1. The van der Waals surface area contributed by atoms with Gasteiger partial charge in [0.1, 0.15) is 11.5 Å². The zero-order valence-electron chi connectivity index (χ0n) is 16.5. The monoisotopic (exact) mass is 419 g/mol. The molecule has 0 radical (unpaired) electrons. The second-order valence-corrected chi connectivity index (χ2v) is 7.42. The van der Waals surface area contributed by atoms with Crippen molar-refractivity contribution in [3.8, 4) is 16.9 Å². The van der Waals surface area contributed by atoms with E-state index in [0.717, 1.165) is 11.1 Å². The van der Waals surface area contributed by atoms with Crippen molar-refractivity contribution in [2.45, 2.75) is 13.8 Å². The molecule has 0 saturated heterocycles. The van der Waals surface area contributed by atoms with Crippen LogP contribution in [0, 0.1) is 19.7 Å². The van der Waals surface area contributed by atoms with E-state index in [1.807, 2.05) is 38.1 Å². The third-order valence-electron chi connectivity index (χ3n) is 4.95. The molecule has 0 spiro atoms. The number of halogens is 2. The number of nitrogens with zero attached hydrogens (tertiary/aromatic N) is 2. The van der Waals surface area contributed by atoms with Crippen molar-refractivity contribution in [1.29, 1.82) is 0 Å². The summed E-state index contributed by atoms with van der Waals surface area (Å²) in [5, 5.41) is 7.72. The Morgan fingerprint density at radius 2 is 1.70 bits per heavy atom. The highest BCUT2D eigenvalue weighted by molar-refractivity contribution is 6.32. The Morgan fingerprint density at radius 1 is 0.967 bits per heavy atom. The summed E-state index contributed by atoms with van der Waals surface area (Å²) >= 11 is 6.37. The zero-order valence-corrected chi connectivity index (χ0v) is 17.2. The van der Waals surface area contributed by atoms with Gasteiger partial charge in [0, 0.05) is 5.56 Å². The molecular weight excluding hydrogens is 401 g/mol. The van der Waals surface area contributed by atoms with Gasteiger partial charge in [-0.1, -0.05) is 48.0 Å². The number of nitrogens with one attached hydrogen (secondary N) is 1. The number of aromatic nitrogens is 2. The van der Waals surface area contributed by atoms with Gasteiger partial charge in [-0.15, -0.1) is 0 Å². The minimum atomic E-state index is -0.510. The first-order valence-electron chi connectivity index (χ1n) is 9.42. The molecule has 4 rings (SSSR count). The topological polar surface area (TPSA) is 46.9 Å². The van der Waals surface area contributed by atoms with Gasteiger partial charge in [0.15, 0.2) is 0 Å². The van der Waals surface area contributed by atoms with Crippen molar-refractivity contribution < 1.29 is 9.18 Å². The van der Waals surface area contributed by atoms with Crippen LogP contribution >= 0.6 is 11.6 Å². The summed E-state index contributed by atoms with van der Waals surface area (Å²) in [6.45, 7) is 4.06. The highest BCUT2D eigenvalue weighted by Gasteiger charge is 2.20. The van der Waals surface area contributed by atoms with Gasteiger partial charge in [-0.05, 0) is 61.4 Å². The fourth-order valence-electron chi connectivity index (χ4n) is 3.14. The Hall–Kier alpha value is -3.44. The molecule has 3 aromatic carbocycles. The summed E-state index contributed by atoms with van der Waals surface area (Å²) < 4.78 is 15.5. The molecule has 0 atom stereocenters. The maximum absolute atomic E-state index is 14.0. The van der Waals surface area contributed by atoms with Crippen LogP contribution in [0.1, 0.15) is 21.6 Å². The smallest absolute Gasteiger partial charge is 0.274 e. The van der Waals surface area contributed by atoms with Crippen LogP contribution in [0.3, 0.4) is 0 Å². The van der Waals surface area contributed by atoms with Gasteiger partial charge in [-0.3, -0.25) is 4.79 Å². The molecule has 0 aliphatic heterocycles. The number of para-hydroxylation sites is 2. The molecule has 1 heterocycles. The number of amides is 1. The molecule has 0 bridgehead atoms. The predicted molar refractivity (Wildman–Crippen MR) is 118 cm³/mol. The van der Waals surface area contributed by atoms with E-state index >= 15 is 0 Å². The van der Waals surface area contributed by atoms with Crippen LogP contribution in [0.2, 0.25) is 5.02 Å². The summed E-state index contributed by atoms with van der Waals surface area (Å²) in [5.41, 5.74) is 4.70. The Morgan fingerprint density at radius 3 is 2.43 bits per heavy atom. The van der Waals surface area contributed by atoms with Crippen molar-refractivity contribution >= 4 is 23.2 Å². The van der Waals surface area contributed by atoms with Crippen molar-refractivity contribution in [2.75, 3.05) is 5.32 Å². The molecule has 0 aliphatic carbocycles. The van der Waals surface area contributed by atoms with Crippen LogP contribution in [0.15, 0.2) is 72.8 Å². The van der Waals surface area contributed by atoms with Crippen LogP contribution in [-0.4, -0.2) is 15.7 Å². The van der Waals surface area contributed by atoms with Crippen LogP contribution in [-0.2, 0) is 0 Å². The van der Waals surface area contributed by atoms with E-state index in [4.69, 9.17) is 11.6 Å². The SMILES string of the molecule is Cc1ccc(-c2cc(C(=O)Nc3ccccc3F)n(-c3ccccc3Cl)n2)cc1C. The lowest BCUT2D eigenvalue weighted by molar-refractivity contribution is 0.101. The molecule has 0 aliphatic rings. The maximum Gasteiger partial charge on any atom is 0.274 e. The lowest BCUT2D eigenvalue weighted by Gasteiger charge is -2.10. The summed E-state index contributed by atoms with van der Waals surface area (Å²) in [5.74, 6) is -0.994. The first-order valence-corrected chi connectivity index (χ1v) is 9.80. The second-order valence-electron chi connectivity index (χ2n) is 7.01. The van der Waals surface area contributed by atoms with E-state index in [0.29, 0.717) is 16.4 Å². The van der Waals surface area contributed by atoms with Gasteiger partial charge in [-0.2, -0.15) is 5.10 Å². The quantitative estimate of drug-likeness (QED) is 0.428. The van der Waals surface area contributed by atoms with Crippen LogP contribution in [0.5, 0.6) is 0 Å². The molecule has 0 fully saturated rings. The maximum atomic E-state index is 14.0. The first kappa shape index (κ1) is 19.9. The van der Waals surface area contributed by atoms with Gasteiger partial charge in [0.2, 0.25) is 0 Å². The summed E-state index contributed by atoms with van der Waals surface area (Å²) in [6.07, 6.45) is 0. The molecule has 1 amide bonds. The van der Waals surface area contributed by atoms with Crippen LogP contribution < -0.4 is 5.32 Å². The van der Waals surface area contributed by atoms with E-state index in [2.05, 4.69) is 10.4 Å². The van der Waals surface area contributed by atoms with Gasteiger partial charge in [-0.25, -0.2) is 9.07 Å². The highest BCUT2D eigenvalue weighted by Crippen LogP contribution is 2.27. The minimum absolute atomic E-state index is 0.0992. The molecule has 6 heteroatoms. The van der Waals surface area contributed by atoms with E-state index in [9.17, 15) is 9.18 Å². The molecule has 4 nitrogen and oxygen atoms in total. The Kier molecular flexibility index (Phi) is 5.38. The highest BCUT2D eigenvalue weighted by atomic mass is 35.5. The lowest BCUT2D eigenvalue weighted by atomic mass is 10.0. The Bertz CT molecular complexity index is 1250. The summed E-state index contributed by atoms with van der Waals surface area (Å²) in [6, 6.07) is 20.8. The van der Waals surface area contributed by atoms with Gasteiger partial charge < -0.3 is 5.32 Å². The zero-order chi connectivity index (χ0) is 21.3. The number of hydrogen-bond acceptors (Lipinski definition) is 2. The molecule has 1 N–H and O–H groups in total. The number of benzene rings is 3. The predicted octanol–water partition coefficient (Wildman–Crippen LogP) is 6.20. The van der Waals surface area contributed by atoms with E-state index in [1.54, 1.807) is 36.4 Å². The fraction of sp³-hybridized carbons (Fsp3) is 0.0833. The molecule has 30 heavy (non-hydrogen) atoms.